The van der Waals surface area contributed by atoms with Crippen molar-refractivity contribution in [1.29, 1.82) is 0 Å². The molecule has 0 spiro atoms. The Morgan fingerprint density at radius 2 is 1.91 bits per heavy atom. The summed E-state index contributed by atoms with van der Waals surface area (Å²) in [5.41, 5.74) is 3.08. The van der Waals surface area contributed by atoms with E-state index in [1.807, 2.05) is 37.3 Å². The van der Waals surface area contributed by atoms with Crippen molar-refractivity contribution in [2.45, 2.75) is 26.9 Å². The molecule has 2 rings (SSSR count). The Labute approximate surface area is 129 Å². The van der Waals surface area contributed by atoms with Crippen LogP contribution in [0.1, 0.15) is 23.4 Å². The van der Waals surface area contributed by atoms with E-state index in [2.05, 4.69) is 10.4 Å². The van der Waals surface area contributed by atoms with Gasteiger partial charge < -0.3 is 10.1 Å². The minimum Gasteiger partial charge on any atom is -0.460 e. The molecule has 1 heterocycles. The molecule has 1 N–H and O–H groups in total. The SMILES string of the molecule is Cc1nn(C)c(C)c1NC(=O)CC(=O)OCc1ccccc1. The number of rotatable bonds is 5. The quantitative estimate of drug-likeness (QED) is 0.678. The standard InChI is InChI=1S/C16H19N3O3/c1-11-16(12(2)19(3)18-11)17-14(20)9-15(21)22-10-13-7-5-4-6-8-13/h4-8H,9-10H2,1-3H3,(H,17,20). The van der Waals surface area contributed by atoms with Gasteiger partial charge in [0.2, 0.25) is 5.91 Å². The average Bonchev–Trinajstić information content (AvgIpc) is 2.73. The molecule has 22 heavy (non-hydrogen) atoms. The number of hydrogen-bond donors (Lipinski definition) is 1. The number of amides is 1. The highest BCUT2D eigenvalue weighted by atomic mass is 16.5. The molecule has 0 saturated heterocycles. The number of carbonyl (C=O) groups is 2. The predicted octanol–water partition coefficient (Wildman–Crippen LogP) is 2.11. The fourth-order valence-corrected chi connectivity index (χ4v) is 2.06. The van der Waals surface area contributed by atoms with E-state index in [4.69, 9.17) is 4.74 Å². The lowest BCUT2D eigenvalue weighted by Crippen LogP contribution is -2.18. The van der Waals surface area contributed by atoms with Gasteiger partial charge in [-0.1, -0.05) is 30.3 Å². The van der Waals surface area contributed by atoms with Gasteiger partial charge in [0.15, 0.2) is 0 Å². The van der Waals surface area contributed by atoms with Gasteiger partial charge in [-0.2, -0.15) is 5.10 Å². The number of carbonyl (C=O) groups excluding carboxylic acids is 2. The van der Waals surface area contributed by atoms with E-state index in [0.29, 0.717) is 11.4 Å². The topological polar surface area (TPSA) is 73.2 Å². The largest absolute Gasteiger partial charge is 0.460 e. The van der Waals surface area contributed by atoms with Gasteiger partial charge in [-0.05, 0) is 19.4 Å². The summed E-state index contributed by atoms with van der Waals surface area (Å²) in [7, 11) is 1.80. The second-order valence-corrected chi connectivity index (χ2v) is 5.04. The smallest absolute Gasteiger partial charge is 0.315 e. The van der Waals surface area contributed by atoms with Crippen molar-refractivity contribution in [3.63, 3.8) is 0 Å². The normalized spacial score (nSPS) is 10.3. The highest BCUT2D eigenvalue weighted by Gasteiger charge is 2.15. The zero-order valence-electron chi connectivity index (χ0n) is 12.9. The van der Waals surface area contributed by atoms with Crippen molar-refractivity contribution >= 4 is 17.6 Å². The van der Waals surface area contributed by atoms with Crippen molar-refractivity contribution < 1.29 is 14.3 Å². The maximum atomic E-state index is 11.9. The number of hydrogen-bond acceptors (Lipinski definition) is 4. The van der Waals surface area contributed by atoms with Crippen LogP contribution < -0.4 is 5.32 Å². The lowest BCUT2D eigenvalue weighted by Gasteiger charge is -2.07. The Bertz CT molecular complexity index is 677. The summed E-state index contributed by atoms with van der Waals surface area (Å²) >= 11 is 0. The number of nitrogens with zero attached hydrogens (tertiary/aromatic N) is 2. The summed E-state index contributed by atoms with van der Waals surface area (Å²) in [4.78, 5) is 23.6. The van der Waals surface area contributed by atoms with Gasteiger partial charge in [0.25, 0.3) is 0 Å². The van der Waals surface area contributed by atoms with E-state index in [1.165, 1.54) is 0 Å². The molecule has 0 aliphatic carbocycles. The van der Waals surface area contributed by atoms with Crippen LogP contribution in [0.3, 0.4) is 0 Å². The third kappa shape index (κ3) is 3.94. The molecule has 1 amide bonds. The van der Waals surface area contributed by atoms with Crippen LogP contribution in [0.25, 0.3) is 0 Å². The van der Waals surface area contributed by atoms with E-state index in [-0.39, 0.29) is 13.0 Å². The minimum atomic E-state index is -0.555. The molecule has 1 aromatic heterocycles. The van der Waals surface area contributed by atoms with E-state index < -0.39 is 11.9 Å². The second-order valence-electron chi connectivity index (χ2n) is 5.04. The van der Waals surface area contributed by atoms with Crippen molar-refractivity contribution in [3.8, 4) is 0 Å². The third-order valence-electron chi connectivity index (χ3n) is 3.32. The molecule has 0 aliphatic rings. The van der Waals surface area contributed by atoms with Gasteiger partial charge in [0, 0.05) is 7.05 Å². The van der Waals surface area contributed by atoms with Gasteiger partial charge in [0.05, 0.1) is 17.1 Å². The number of esters is 1. The first-order valence-electron chi connectivity index (χ1n) is 6.97. The molecular formula is C16H19N3O3. The molecule has 116 valence electrons. The monoisotopic (exact) mass is 301 g/mol. The maximum Gasteiger partial charge on any atom is 0.315 e. The van der Waals surface area contributed by atoms with Gasteiger partial charge in [-0.3, -0.25) is 14.3 Å². The molecular weight excluding hydrogens is 282 g/mol. The Balaban J connectivity index is 1.85. The van der Waals surface area contributed by atoms with Crippen LogP contribution in [0.4, 0.5) is 5.69 Å². The number of nitrogens with one attached hydrogen (secondary N) is 1. The first-order chi connectivity index (χ1) is 10.5. The molecule has 0 aliphatic heterocycles. The molecule has 0 unspecified atom stereocenters. The fourth-order valence-electron chi connectivity index (χ4n) is 2.06. The summed E-state index contributed by atoms with van der Waals surface area (Å²) in [6, 6.07) is 9.33. The number of ether oxygens (including phenoxy) is 1. The first-order valence-corrected chi connectivity index (χ1v) is 6.97. The summed E-state index contributed by atoms with van der Waals surface area (Å²) in [5, 5.41) is 6.91. The molecule has 0 radical (unpaired) electrons. The molecule has 0 atom stereocenters. The summed E-state index contributed by atoms with van der Waals surface area (Å²) in [6.45, 7) is 3.82. The Hall–Kier alpha value is -2.63. The summed E-state index contributed by atoms with van der Waals surface area (Å²) in [6.07, 6.45) is -0.319. The lowest BCUT2D eigenvalue weighted by molar-refractivity contribution is -0.146. The third-order valence-corrected chi connectivity index (χ3v) is 3.32. The second kappa shape index (κ2) is 6.89. The average molecular weight is 301 g/mol. The van der Waals surface area contributed by atoms with Crippen LogP contribution in [0.15, 0.2) is 30.3 Å². The number of benzene rings is 1. The minimum absolute atomic E-state index is 0.165. The van der Waals surface area contributed by atoms with Gasteiger partial charge >= 0.3 is 5.97 Å². The first kappa shape index (κ1) is 15.8. The van der Waals surface area contributed by atoms with E-state index in [1.54, 1.807) is 18.7 Å². The fraction of sp³-hybridized carbons (Fsp3) is 0.312. The lowest BCUT2D eigenvalue weighted by atomic mass is 10.2. The molecule has 0 saturated carbocycles. The Morgan fingerprint density at radius 1 is 1.23 bits per heavy atom. The molecule has 6 nitrogen and oxygen atoms in total. The van der Waals surface area contributed by atoms with Crippen LogP contribution in [-0.4, -0.2) is 21.7 Å². The molecule has 0 bridgehead atoms. The molecule has 6 heteroatoms. The van der Waals surface area contributed by atoms with Gasteiger partial charge in [0.1, 0.15) is 13.0 Å². The zero-order chi connectivity index (χ0) is 16.1. The maximum absolute atomic E-state index is 11.9. The highest BCUT2D eigenvalue weighted by Crippen LogP contribution is 2.18. The zero-order valence-corrected chi connectivity index (χ0v) is 12.9. The van der Waals surface area contributed by atoms with Crippen LogP contribution in [-0.2, 0) is 28.0 Å². The highest BCUT2D eigenvalue weighted by molar-refractivity contribution is 6.02. The summed E-state index contributed by atoms with van der Waals surface area (Å²) in [5.74, 6) is -0.960. The van der Waals surface area contributed by atoms with Crippen LogP contribution in [0, 0.1) is 13.8 Å². The van der Waals surface area contributed by atoms with E-state index in [0.717, 1.165) is 11.3 Å². The summed E-state index contributed by atoms with van der Waals surface area (Å²) < 4.78 is 6.76. The van der Waals surface area contributed by atoms with Crippen LogP contribution >= 0.6 is 0 Å². The number of aromatic nitrogens is 2. The van der Waals surface area contributed by atoms with Crippen LogP contribution in [0.5, 0.6) is 0 Å². The van der Waals surface area contributed by atoms with Crippen molar-refractivity contribution in [2.75, 3.05) is 5.32 Å². The van der Waals surface area contributed by atoms with Gasteiger partial charge in [-0.25, -0.2) is 0 Å². The number of aryl methyl sites for hydroxylation is 2. The molecule has 2 aromatic rings. The van der Waals surface area contributed by atoms with E-state index >= 15 is 0 Å². The van der Waals surface area contributed by atoms with E-state index in [9.17, 15) is 9.59 Å². The van der Waals surface area contributed by atoms with Crippen molar-refractivity contribution in [2.24, 2.45) is 7.05 Å². The Kier molecular flexibility index (Phi) is 4.93. The van der Waals surface area contributed by atoms with Crippen molar-refractivity contribution in [1.82, 2.24) is 9.78 Å². The van der Waals surface area contributed by atoms with Crippen LogP contribution in [0.2, 0.25) is 0 Å². The number of anilines is 1. The van der Waals surface area contributed by atoms with Crippen molar-refractivity contribution in [3.05, 3.63) is 47.3 Å². The Morgan fingerprint density at radius 3 is 2.50 bits per heavy atom. The van der Waals surface area contributed by atoms with Gasteiger partial charge in [-0.15, -0.1) is 0 Å². The predicted molar refractivity (Wildman–Crippen MR) is 82.2 cm³/mol. The molecule has 0 fully saturated rings. The molecule has 1 aromatic carbocycles.